The summed E-state index contributed by atoms with van der Waals surface area (Å²) in [6.45, 7) is 1.80. The SMILES string of the molecule is COc1cc(C[C@H]2c3cc(OC)c(OC)cc3CCN2C)c(Oc2cc3c(cc2OC)-c2c(OC)c(OC)cc4c2[C@H](C3)NCC4)cc1OC. The van der Waals surface area contributed by atoms with Crippen LogP contribution in [0.4, 0.5) is 0 Å². The maximum Gasteiger partial charge on any atom is 0.169 e. The Morgan fingerprint density at radius 2 is 1.24 bits per heavy atom. The van der Waals surface area contributed by atoms with Gasteiger partial charge in [0.1, 0.15) is 5.75 Å². The van der Waals surface area contributed by atoms with E-state index in [0.29, 0.717) is 40.9 Å². The van der Waals surface area contributed by atoms with E-state index in [0.717, 1.165) is 71.9 Å². The number of hydrogen-bond acceptors (Lipinski definition) is 10. The highest BCUT2D eigenvalue weighted by molar-refractivity contribution is 5.85. The molecule has 50 heavy (non-hydrogen) atoms. The summed E-state index contributed by atoms with van der Waals surface area (Å²) in [5.74, 6) is 6.01. The van der Waals surface area contributed by atoms with E-state index in [4.69, 9.17) is 37.9 Å². The molecule has 1 aliphatic carbocycles. The zero-order valence-electron chi connectivity index (χ0n) is 30.2. The van der Waals surface area contributed by atoms with Gasteiger partial charge in [-0.1, -0.05) is 0 Å². The van der Waals surface area contributed by atoms with Gasteiger partial charge in [-0.2, -0.15) is 0 Å². The van der Waals surface area contributed by atoms with Crippen molar-refractivity contribution in [2.75, 3.05) is 69.9 Å². The predicted octanol–water partition coefficient (Wildman–Crippen LogP) is 6.72. The fraction of sp³-hybridized carbons (Fsp3) is 0.400. The van der Waals surface area contributed by atoms with Crippen LogP contribution in [-0.4, -0.2) is 74.8 Å². The number of hydrogen-bond donors (Lipinski definition) is 1. The summed E-state index contributed by atoms with van der Waals surface area (Å²) in [6.07, 6.45) is 3.30. The van der Waals surface area contributed by atoms with Gasteiger partial charge in [0.25, 0.3) is 0 Å². The minimum Gasteiger partial charge on any atom is -0.493 e. The summed E-state index contributed by atoms with van der Waals surface area (Å²) in [7, 11) is 13.8. The molecule has 10 nitrogen and oxygen atoms in total. The van der Waals surface area contributed by atoms with E-state index in [9.17, 15) is 0 Å². The molecule has 1 N–H and O–H groups in total. The fourth-order valence-electron chi connectivity index (χ4n) is 7.96. The molecule has 0 saturated carbocycles. The van der Waals surface area contributed by atoms with E-state index in [1.165, 1.54) is 22.3 Å². The molecule has 4 aromatic rings. The Hall–Kier alpha value is -4.80. The lowest BCUT2D eigenvalue weighted by atomic mass is 9.77. The van der Waals surface area contributed by atoms with E-state index in [1.54, 1.807) is 49.8 Å². The lowest BCUT2D eigenvalue weighted by Gasteiger charge is -2.36. The fourth-order valence-corrected chi connectivity index (χ4v) is 7.96. The molecule has 0 spiro atoms. The molecule has 4 aromatic carbocycles. The van der Waals surface area contributed by atoms with Crippen LogP contribution >= 0.6 is 0 Å². The molecule has 2 aliphatic heterocycles. The summed E-state index contributed by atoms with van der Waals surface area (Å²) in [4.78, 5) is 2.37. The molecule has 0 radical (unpaired) electrons. The zero-order valence-corrected chi connectivity index (χ0v) is 30.2. The molecular formula is C40H46N2O8. The van der Waals surface area contributed by atoms with Crippen molar-refractivity contribution in [1.82, 2.24) is 10.2 Å². The Bertz CT molecular complexity index is 1920. The highest BCUT2D eigenvalue weighted by atomic mass is 16.5. The molecule has 0 saturated heterocycles. The van der Waals surface area contributed by atoms with Gasteiger partial charge in [-0.15, -0.1) is 0 Å². The van der Waals surface area contributed by atoms with Crippen LogP contribution in [0.3, 0.4) is 0 Å². The van der Waals surface area contributed by atoms with E-state index in [-0.39, 0.29) is 12.1 Å². The van der Waals surface area contributed by atoms with Crippen molar-refractivity contribution in [2.24, 2.45) is 0 Å². The van der Waals surface area contributed by atoms with Crippen LogP contribution in [0.1, 0.15) is 45.5 Å². The number of methoxy groups -OCH3 is 7. The molecule has 2 atom stereocenters. The number of rotatable bonds is 11. The maximum absolute atomic E-state index is 6.88. The third kappa shape index (κ3) is 5.70. The molecule has 7 rings (SSSR count). The largest absolute Gasteiger partial charge is 0.493 e. The predicted molar refractivity (Wildman–Crippen MR) is 192 cm³/mol. The van der Waals surface area contributed by atoms with E-state index in [2.05, 4.69) is 47.6 Å². The second kappa shape index (κ2) is 13.8. The van der Waals surface area contributed by atoms with Crippen LogP contribution in [0.15, 0.2) is 42.5 Å². The number of fused-ring (bicyclic) bond motifs is 3. The van der Waals surface area contributed by atoms with Gasteiger partial charge in [0, 0.05) is 35.8 Å². The first kappa shape index (κ1) is 33.7. The molecule has 0 unspecified atom stereocenters. The standard InChI is InChI=1S/C40H46N2O8/c1-42-12-10-22-15-31(43-2)33(45-4)19-26(22)29(42)14-25-18-32(44-3)35(47-6)21-30(25)50-36-17-24-13-28-38-23(9-11-41-28)16-37(48-7)40(49-8)39(38)27(24)20-34(36)46-5/h15-21,28-29,41H,9-14H2,1-8H3/t28-,29-/m0/s1. The van der Waals surface area contributed by atoms with Gasteiger partial charge >= 0.3 is 0 Å². The summed E-state index contributed by atoms with van der Waals surface area (Å²) < 4.78 is 47.6. The third-order valence-electron chi connectivity index (χ3n) is 10.5. The van der Waals surface area contributed by atoms with Gasteiger partial charge in [-0.05, 0) is 109 Å². The van der Waals surface area contributed by atoms with Gasteiger partial charge in [0.15, 0.2) is 46.0 Å². The van der Waals surface area contributed by atoms with Crippen LogP contribution in [0, 0.1) is 0 Å². The van der Waals surface area contributed by atoms with Gasteiger partial charge in [0.2, 0.25) is 0 Å². The first-order chi connectivity index (χ1) is 24.3. The van der Waals surface area contributed by atoms with E-state index in [1.807, 2.05) is 12.1 Å². The minimum absolute atomic E-state index is 0.0509. The first-order valence-electron chi connectivity index (χ1n) is 17.0. The van der Waals surface area contributed by atoms with Crippen molar-refractivity contribution in [3.05, 3.63) is 75.8 Å². The third-order valence-corrected chi connectivity index (χ3v) is 10.5. The monoisotopic (exact) mass is 682 g/mol. The van der Waals surface area contributed by atoms with Crippen molar-refractivity contribution >= 4 is 0 Å². The lowest BCUT2D eigenvalue weighted by molar-refractivity contribution is 0.226. The minimum atomic E-state index is 0.0509. The number of nitrogens with zero attached hydrogens (tertiary/aromatic N) is 1. The Balaban J connectivity index is 1.33. The smallest absolute Gasteiger partial charge is 0.169 e. The van der Waals surface area contributed by atoms with Gasteiger partial charge in [-0.25, -0.2) is 0 Å². The zero-order chi connectivity index (χ0) is 35.1. The normalized spacial score (nSPS) is 17.5. The van der Waals surface area contributed by atoms with Crippen molar-refractivity contribution in [1.29, 1.82) is 0 Å². The summed E-state index contributed by atoms with van der Waals surface area (Å²) >= 11 is 0. The van der Waals surface area contributed by atoms with Crippen LogP contribution < -0.4 is 43.2 Å². The Labute approximate surface area is 294 Å². The van der Waals surface area contributed by atoms with E-state index >= 15 is 0 Å². The van der Waals surface area contributed by atoms with Crippen LogP contribution in [0.5, 0.6) is 51.7 Å². The Morgan fingerprint density at radius 3 is 1.94 bits per heavy atom. The average molecular weight is 683 g/mol. The van der Waals surface area contributed by atoms with Crippen molar-refractivity contribution in [2.45, 2.75) is 37.8 Å². The topological polar surface area (TPSA) is 89.1 Å². The molecular weight excluding hydrogens is 636 g/mol. The molecule has 0 aromatic heterocycles. The molecule has 0 fully saturated rings. The van der Waals surface area contributed by atoms with Crippen LogP contribution in [0.25, 0.3) is 11.1 Å². The van der Waals surface area contributed by atoms with Gasteiger partial charge in [-0.3, -0.25) is 4.90 Å². The molecule has 3 aliphatic rings. The highest BCUT2D eigenvalue weighted by Gasteiger charge is 2.35. The van der Waals surface area contributed by atoms with Crippen molar-refractivity contribution in [3.8, 4) is 62.9 Å². The van der Waals surface area contributed by atoms with Crippen molar-refractivity contribution in [3.63, 3.8) is 0 Å². The Morgan fingerprint density at radius 1 is 0.620 bits per heavy atom. The molecule has 0 bridgehead atoms. The van der Waals surface area contributed by atoms with Crippen LogP contribution in [-0.2, 0) is 25.7 Å². The highest BCUT2D eigenvalue weighted by Crippen LogP contribution is 2.53. The first-order valence-corrected chi connectivity index (χ1v) is 17.0. The Kier molecular flexibility index (Phi) is 9.32. The summed E-state index contributed by atoms with van der Waals surface area (Å²) in [5, 5.41) is 3.73. The van der Waals surface area contributed by atoms with Gasteiger partial charge in [0.05, 0.1) is 49.8 Å². The number of ether oxygens (including phenoxy) is 8. The number of nitrogens with one attached hydrogen (secondary N) is 1. The summed E-state index contributed by atoms with van der Waals surface area (Å²) in [5.41, 5.74) is 9.20. The number of benzene rings is 4. The lowest BCUT2D eigenvalue weighted by Crippen LogP contribution is -2.34. The summed E-state index contributed by atoms with van der Waals surface area (Å²) in [6, 6.07) is 14.6. The second-order valence-corrected chi connectivity index (χ2v) is 13.0. The van der Waals surface area contributed by atoms with Crippen molar-refractivity contribution < 1.29 is 37.9 Å². The number of likely N-dealkylation sites (N-methyl/N-ethyl adjacent to an activating group) is 1. The molecule has 0 amide bonds. The second-order valence-electron chi connectivity index (χ2n) is 13.0. The van der Waals surface area contributed by atoms with Crippen LogP contribution in [0.2, 0.25) is 0 Å². The maximum atomic E-state index is 6.88. The molecule has 2 heterocycles. The quantitative estimate of drug-likeness (QED) is 0.184. The molecule has 10 heteroatoms. The molecule has 264 valence electrons. The van der Waals surface area contributed by atoms with Gasteiger partial charge < -0.3 is 43.2 Å². The average Bonchev–Trinajstić information content (AvgIpc) is 3.15. The van der Waals surface area contributed by atoms with E-state index < -0.39 is 0 Å².